The van der Waals surface area contributed by atoms with Crippen LogP contribution in [0.1, 0.15) is 10.4 Å². The summed E-state index contributed by atoms with van der Waals surface area (Å²) >= 11 is 0. The number of carbonyl (C=O) groups is 1. The Bertz CT molecular complexity index is 2860. The molecular weight excluding hydrogens is 681 g/mol. The van der Waals surface area contributed by atoms with E-state index < -0.39 is 50.0 Å². The maximum absolute atomic E-state index is 15.1. The Morgan fingerprint density at radius 1 is 0.510 bits per heavy atom. The van der Waals surface area contributed by atoms with Crippen molar-refractivity contribution in [3.8, 4) is 28.0 Å². The average molecular weight is 703 g/mol. The first-order chi connectivity index (χ1) is 24.5. The summed E-state index contributed by atoms with van der Waals surface area (Å²) in [6.07, 6.45) is 0. The van der Waals surface area contributed by atoms with Crippen molar-refractivity contribution in [2.24, 2.45) is 0 Å². The van der Waals surface area contributed by atoms with Crippen molar-refractivity contribution < 1.29 is 40.1 Å². The summed E-state index contributed by atoms with van der Waals surface area (Å²) in [5, 5.41) is 7.47. The van der Waals surface area contributed by atoms with Crippen molar-refractivity contribution in [3.05, 3.63) is 156 Å². The van der Waals surface area contributed by atoms with Crippen molar-refractivity contribution in [2.75, 3.05) is 0 Å². The van der Waals surface area contributed by atoms with Crippen LogP contribution in [0, 0.1) is 23.3 Å². The normalized spacial score (nSPS) is 11.9. The number of hydrogen-bond donors (Lipinski definition) is 1. The minimum atomic E-state index is -5.73. The van der Waals surface area contributed by atoms with E-state index in [1.54, 1.807) is 30.3 Å². The summed E-state index contributed by atoms with van der Waals surface area (Å²) in [5.41, 5.74) is 1.43. The lowest BCUT2D eigenvalue weighted by Gasteiger charge is -2.17. The molecule has 0 atom stereocenters. The van der Waals surface area contributed by atoms with Gasteiger partial charge in [-0.05, 0) is 77.5 Å². The molecule has 0 aromatic heterocycles. The third kappa shape index (κ3) is 5.36. The van der Waals surface area contributed by atoms with Crippen LogP contribution in [0.25, 0.3) is 65.3 Å². The Hall–Kier alpha value is -6.10. The molecule has 0 saturated carbocycles. The van der Waals surface area contributed by atoms with Gasteiger partial charge in [-0.2, -0.15) is 17.2 Å². The molecule has 0 saturated heterocycles. The van der Waals surface area contributed by atoms with E-state index in [1.807, 2.05) is 97.1 Å². The molecule has 0 aliphatic rings. The molecule has 51 heavy (non-hydrogen) atoms. The largest absolute Gasteiger partial charge is 0.416 e. The highest BCUT2D eigenvalue weighted by Crippen LogP contribution is 2.39. The number of hydrogen-bond acceptors (Lipinski definition) is 4. The van der Waals surface area contributed by atoms with Crippen LogP contribution >= 0.6 is 0 Å². The van der Waals surface area contributed by atoms with Crippen LogP contribution in [0.5, 0.6) is 5.75 Å². The van der Waals surface area contributed by atoms with Gasteiger partial charge in [0.1, 0.15) is 0 Å². The van der Waals surface area contributed by atoms with Crippen LogP contribution in [0.2, 0.25) is 0 Å². The molecule has 10 heteroatoms. The van der Waals surface area contributed by atoms with Gasteiger partial charge in [0.25, 0.3) is 0 Å². The van der Waals surface area contributed by atoms with E-state index in [2.05, 4.69) is 0 Å². The molecule has 0 fully saturated rings. The Morgan fingerprint density at radius 2 is 0.980 bits per heavy atom. The zero-order valence-corrected chi connectivity index (χ0v) is 26.9. The first kappa shape index (κ1) is 32.1. The van der Waals surface area contributed by atoms with Crippen molar-refractivity contribution >= 4 is 59.2 Å². The molecule has 0 aliphatic heterocycles. The summed E-state index contributed by atoms with van der Waals surface area (Å²) in [4.78, 5) is 11.9. The smallest absolute Gasteiger partial charge is 0.345 e. The lowest BCUT2D eigenvalue weighted by atomic mass is 9.89. The summed E-state index contributed by atoms with van der Waals surface area (Å²) in [6, 6.07) is 39.3. The van der Waals surface area contributed by atoms with Gasteiger partial charge in [0.2, 0.25) is 17.4 Å². The zero-order chi connectivity index (χ0) is 35.6. The minimum absolute atomic E-state index is 0.185. The summed E-state index contributed by atoms with van der Waals surface area (Å²) < 4.78 is 97.1. The van der Waals surface area contributed by atoms with Crippen LogP contribution in [0.15, 0.2) is 132 Å². The van der Waals surface area contributed by atoms with Gasteiger partial charge in [-0.3, -0.25) is 4.55 Å². The third-order valence-electron chi connectivity index (χ3n) is 9.02. The molecule has 5 nitrogen and oxygen atoms in total. The molecule has 0 aliphatic carbocycles. The zero-order valence-electron chi connectivity index (χ0n) is 26.1. The quantitative estimate of drug-likeness (QED) is 0.0482. The van der Waals surface area contributed by atoms with E-state index in [-0.39, 0.29) is 16.7 Å². The molecule has 8 aromatic carbocycles. The molecule has 0 heterocycles. The molecule has 0 radical (unpaired) electrons. The number of fused-ring (bicyclic) bond motifs is 6. The molecule has 0 amide bonds. The van der Waals surface area contributed by atoms with Gasteiger partial charge in [0.05, 0.1) is 5.56 Å². The number of halogens is 4. The van der Waals surface area contributed by atoms with E-state index >= 15 is 8.78 Å². The lowest BCUT2D eigenvalue weighted by molar-refractivity contribution is 0.0718. The first-order valence-corrected chi connectivity index (χ1v) is 17.0. The van der Waals surface area contributed by atoms with Gasteiger partial charge in [0, 0.05) is 0 Å². The molecule has 8 aromatic rings. The van der Waals surface area contributed by atoms with Gasteiger partial charge in [0.15, 0.2) is 16.5 Å². The average Bonchev–Trinajstić information content (AvgIpc) is 3.14. The van der Waals surface area contributed by atoms with Gasteiger partial charge in [-0.1, -0.05) is 115 Å². The summed E-state index contributed by atoms with van der Waals surface area (Å²) in [6.45, 7) is 0. The highest BCUT2D eigenvalue weighted by molar-refractivity contribution is 7.85. The van der Waals surface area contributed by atoms with Gasteiger partial charge < -0.3 is 4.74 Å². The second kappa shape index (κ2) is 12.0. The van der Waals surface area contributed by atoms with Gasteiger partial charge in [-0.25, -0.2) is 13.6 Å². The number of ether oxygens (including phenoxy) is 1. The highest BCUT2D eigenvalue weighted by atomic mass is 32.2. The standard InChI is InChI=1S/C41H22F4O5S/c42-35-37(44)40(51(47,48)49)38(45)36(43)39(35)50-41(46)34-31(26-18-19-30-25(20-26)16-14-22-6-1-3-8-28(22)30)10-5-11-32(34)27-17-15-24-13-12-23-7-2-4-9-29(23)33(24)21-27/h1-21H,(H,47,48,49). The van der Waals surface area contributed by atoms with E-state index in [4.69, 9.17) is 4.74 Å². The maximum atomic E-state index is 15.1. The molecule has 8 rings (SSSR count). The molecule has 0 unspecified atom stereocenters. The Labute approximate surface area is 287 Å². The van der Waals surface area contributed by atoms with Crippen molar-refractivity contribution in [3.63, 3.8) is 0 Å². The van der Waals surface area contributed by atoms with E-state index in [0.29, 0.717) is 11.1 Å². The van der Waals surface area contributed by atoms with Crippen LogP contribution in [-0.2, 0) is 10.1 Å². The fourth-order valence-corrected chi connectivity index (χ4v) is 7.29. The fourth-order valence-electron chi connectivity index (χ4n) is 6.65. The molecule has 0 spiro atoms. The topological polar surface area (TPSA) is 80.7 Å². The minimum Gasteiger partial charge on any atom is -0.416 e. The van der Waals surface area contributed by atoms with Crippen LogP contribution in [-0.4, -0.2) is 18.9 Å². The molecular formula is C41H22F4O5S. The Morgan fingerprint density at radius 3 is 1.59 bits per heavy atom. The van der Waals surface area contributed by atoms with Crippen LogP contribution in [0.3, 0.4) is 0 Å². The number of esters is 1. The molecule has 250 valence electrons. The van der Waals surface area contributed by atoms with Crippen LogP contribution in [0.4, 0.5) is 17.6 Å². The predicted molar refractivity (Wildman–Crippen MR) is 188 cm³/mol. The number of rotatable bonds is 5. The first-order valence-electron chi connectivity index (χ1n) is 15.5. The Balaban J connectivity index is 1.35. The van der Waals surface area contributed by atoms with Crippen molar-refractivity contribution in [2.45, 2.75) is 4.90 Å². The third-order valence-corrected chi connectivity index (χ3v) is 9.89. The number of benzene rings is 8. The highest BCUT2D eigenvalue weighted by Gasteiger charge is 2.35. The Kier molecular flexibility index (Phi) is 7.59. The molecule has 1 N–H and O–H groups in total. The van der Waals surface area contributed by atoms with E-state index in [1.165, 1.54) is 0 Å². The maximum Gasteiger partial charge on any atom is 0.345 e. The molecule has 0 bridgehead atoms. The van der Waals surface area contributed by atoms with Gasteiger partial charge in [-0.15, -0.1) is 0 Å². The van der Waals surface area contributed by atoms with Crippen molar-refractivity contribution in [1.29, 1.82) is 0 Å². The fraction of sp³-hybridized carbons (Fsp3) is 0. The lowest BCUT2D eigenvalue weighted by Crippen LogP contribution is -2.17. The summed E-state index contributed by atoms with van der Waals surface area (Å²) in [5.74, 6) is -12.7. The monoisotopic (exact) mass is 702 g/mol. The second-order valence-electron chi connectivity index (χ2n) is 12.0. The van der Waals surface area contributed by atoms with E-state index in [9.17, 15) is 26.5 Å². The van der Waals surface area contributed by atoms with Crippen LogP contribution < -0.4 is 4.74 Å². The second-order valence-corrected chi connectivity index (χ2v) is 13.3. The SMILES string of the molecule is O=C(Oc1c(F)c(F)c(S(=O)(=O)O)c(F)c1F)c1c(-c2ccc3c(ccc4ccccc43)c2)cccc1-c1ccc2ccc3ccccc3c2c1. The number of carbonyl (C=O) groups excluding carboxylic acids is 1. The predicted octanol–water partition coefficient (Wildman–Crippen LogP) is 10.7. The van der Waals surface area contributed by atoms with Gasteiger partial charge >= 0.3 is 16.1 Å². The van der Waals surface area contributed by atoms with Crippen molar-refractivity contribution in [1.82, 2.24) is 0 Å². The van der Waals surface area contributed by atoms with E-state index in [0.717, 1.165) is 43.1 Å². The summed E-state index contributed by atoms with van der Waals surface area (Å²) in [7, 11) is -5.73.